The van der Waals surface area contributed by atoms with E-state index in [1.165, 1.54) is 0 Å². The van der Waals surface area contributed by atoms with Gasteiger partial charge in [0.25, 0.3) is 5.91 Å². The number of carbonyl (C=O) groups is 3. The van der Waals surface area contributed by atoms with Gasteiger partial charge in [-0.3, -0.25) is 24.4 Å². The molecule has 0 atom stereocenters. The third-order valence-electron chi connectivity index (χ3n) is 7.16. The summed E-state index contributed by atoms with van der Waals surface area (Å²) in [5.41, 5.74) is 1.54. The van der Waals surface area contributed by atoms with Crippen LogP contribution in [0.4, 0.5) is 13.2 Å². The van der Waals surface area contributed by atoms with Gasteiger partial charge in [-0.25, -0.2) is 9.99 Å². The average Bonchev–Trinajstić information content (AvgIpc) is 3.58. The Morgan fingerprint density at radius 3 is 2.41 bits per heavy atom. The molecule has 0 bridgehead atoms. The van der Waals surface area contributed by atoms with E-state index in [1.54, 1.807) is 24.3 Å². The molecule has 5 heterocycles. The molecule has 2 aromatic heterocycles. The van der Waals surface area contributed by atoms with E-state index in [0.717, 1.165) is 35.9 Å². The minimum absolute atomic E-state index is 0.0262. The summed E-state index contributed by atoms with van der Waals surface area (Å²) in [4.78, 5) is 44.2. The van der Waals surface area contributed by atoms with Gasteiger partial charge in [-0.1, -0.05) is 6.07 Å². The number of hydrogen-bond acceptors (Lipinski definition) is 6. The molecule has 1 N–H and O–H groups in total. The fourth-order valence-corrected chi connectivity index (χ4v) is 5.40. The number of hydrazine groups is 1. The number of aromatic nitrogens is 3. The number of nitrogens with zero attached hydrogens (tertiary/aromatic N) is 5. The average molecular weight is 512 g/mol. The summed E-state index contributed by atoms with van der Waals surface area (Å²) in [6.07, 6.45) is -1.75. The number of fused-ring (bicyclic) bond motifs is 2. The number of imide groups is 1. The van der Waals surface area contributed by atoms with Crippen LogP contribution in [-0.2, 0) is 28.9 Å². The quantitative estimate of drug-likeness (QED) is 0.536. The number of amides is 3. The largest absolute Gasteiger partial charge is 0.433 e. The topological polar surface area (TPSA) is 102 Å². The third kappa shape index (κ3) is 4.05. The highest BCUT2D eigenvalue weighted by Gasteiger charge is 2.40. The molecule has 0 saturated carbocycles. The fraction of sp³-hybridized carbons (Fsp3) is 0.400. The highest BCUT2D eigenvalue weighted by molar-refractivity contribution is 6.04. The fourth-order valence-electron chi connectivity index (χ4n) is 5.40. The van der Waals surface area contributed by atoms with Crippen molar-refractivity contribution in [3.63, 3.8) is 0 Å². The number of carbonyl (C=O) groups excluding carboxylic acids is 3. The van der Waals surface area contributed by atoms with Crippen molar-refractivity contribution in [2.75, 3.05) is 13.1 Å². The van der Waals surface area contributed by atoms with Crippen molar-refractivity contribution in [3.05, 3.63) is 46.6 Å². The van der Waals surface area contributed by atoms with Crippen LogP contribution in [0.15, 0.2) is 24.3 Å². The highest BCUT2D eigenvalue weighted by Crippen LogP contribution is 2.37. The number of nitrogens with one attached hydrogen (secondary N) is 1. The first-order valence-corrected chi connectivity index (χ1v) is 12.2. The van der Waals surface area contributed by atoms with Crippen LogP contribution in [0.25, 0.3) is 22.3 Å². The van der Waals surface area contributed by atoms with Crippen molar-refractivity contribution in [2.45, 2.75) is 51.4 Å². The van der Waals surface area contributed by atoms with Gasteiger partial charge in [-0.15, -0.1) is 0 Å². The summed E-state index contributed by atoms with van der Waals surface area (Å²) in [6, 6.07) is 6.66. The Labute approximate surface area is 209 Å². The normalized spacial score (nSPS) is 18.9. The molecule has 1 aromatic carbocycles. The van der Waals surface area contributed by atoms with E-state index >= 15 is 0 Å². The van der Waals surface area contributed by atoms with Crippen molar-refractivity contribution in [1.29, 1.82) is 0 Å². The van der Waals surface area contributed by atoms with Crippen LogP contribution in [-0.4, -0.2) is 60.9 Å². The zero-order valence-corrected chi connectivity index (χ0v) is 19.8. The molecule has 12 heteroatoms. The van der Waals surface area contributed by atoms with Crippen LogP contribution in [0, 0.1) is 0 Å². The molecule has 192 valence electrons. The number of aromatic amines is 1. The second-order valence-corrected chi connectivity index (χ2v) is 9.63. The van der Waals surface area contributed by atoms with Gasteiger partial charge in [0.05, 0.1) is 17.6 Å². The number of likely N-dealkylation sites (tertiary alicyclic amines) is 1. The zero-order chi connectivity index (χ0) is 25.9. The Balaban J connectivity index is 1.38. The molecule has 37 heavy (non-hydrogen) atoms. The highest BCUT2D eigenvalue weighted by atomic mass is 19.4. The van der Waals surface area contributed by atoms with E-state index < -0.39 is 29.6 Å². The molecule has 0 unspecified atom stereocenters. The summed E-state index contributed by atoms with van der Waals surface area (Å²) in [5, 5.41) is 8.05. The predicted octanol–water partition coefficient (Wildman–Crippen LogP) is 3.65. The molecule has 0 spiro atoms. The SMILES string of the molecule is O=C1c2ccc(-c3cc(CN4CCCC4)c4c(C(F)(F)F)[nH]nc4n3)cc2CN1N1C(=O)CCCC1=O. The Kier molecular flexibility index (Phi) is 5.51. The molecule has 0 radical (unpaired) electrons. The number of hydrogen-bond donors (Lipinski definition) is 1. The smallest absolute Gasteiger partial charge is 0.299 e. The van der Waals surface area contributed by atoms with E-state index in [9.17, 15) is 27.6 Å². The standard InChI is InChI=1S/C25H23F3N6O3/c26-25(27,28)22-21-16(12-32-8-1-2-9-32)11-18(29-23(21)31-30-22)14-6-7-17-15(10-14)13-33(24(17)37)34-19(35)4-3-5-20(34)36/h6-7,10-11H,1-5,8-9,12-13H2,(H,29,30,31). The summed E-state index contributed by atoms with van der Waals surface area (Å²) in [5.74, 6) is -1.25. The Morgan fingerprint density at radius 1 is 0.973 bits per heavy atom. The van der Waals surface area contributed by atoms with Crippen LogP contribution >= 0.6 is 0 Å². The van der Waals surface area contributed by atoms with E-state index in [-0.39, 0.29) is 30.4 Å². The second kappa shape index (κ2) is 8.65. The molecule has 9 nitrogen and oxygen atoms in total. The molecular weight excluding hydrogens is 489 g/mol. The number of alkyl halides is 3. The van der Waals surface area contributed by atoms with Gasteiger partial charge in [0.1, 0.15) is 5.69 Å². The summed E-state index contributed by atoms with van der Waals surface area (Å²) in [7, 11) is 0. The van der Waals surface area contributed by atoms with Crippen molar-refractivity contribution in [1.82, 2.24) is 30.1 Å². The number of H-pyrrole nitrogens is 1. The third-order valence-corrected chi connectivity index (χ3v) is 7.16. The zero-order valence-electron chi connectivity index (χ0n) is 19.8. The van der Waals surface area contributed by atoms with Crippen molar-refractivity contribution in [2.24, 2.45) is 0 Å². The molecule has 3 aliphatic rings. The first-order valence-electron chi connectivity index (χ1n) is 12.2. The molecule has 3 aliphatic heterocycles. The van der Waals surface area contributed by atoms with Crippen LogP contribution < -0.4 is 0 Å². The van der Waals surface area contributed by atoms with E-state index in [4.69, 9.17) is 0 Å². The summed E-state index contributed by atoms with van der Waals surface area (Å²) in [6.45, 7) is 2.00. The lowest BCUT2D eigenvalue weighted by Crippen LogP contribution is -2.51. The number of benzene rings is 1. The van der Waals surface area contributed by atoms with Crippen molar-refractivity contribution in [3.8, 4) is 11.3 Å². The van der Waals surface area contributed by atoms with Crippen LogP contribution in [0.3, 0.4) is 0 Å². The lowest BCUT2D eigenvalue weighted by atomic mass is 10.0. The molecular formula is C25H23F3N6O3. The van der Waals surface area contributed by atoms with Gasteiger partial charge in [-0.05, 0) is 61.7 Å². The molecule has 0 aliphatic carbocycles. The molecule has 2 saturated heterocycles. The van der Waals surface area contributed by atoms with Crippen LogP contribution in [0.5, 0.6) is 0 Å². The van der Waals surface area contributed by atoms with Crippen LogP contribution in [0.1, 0.15) is 59.3 Å². The van der Waals surface area contributed by atoms with E-state index in [1.807, 2.05) is 0 Å². The Morgan fingerprint density at radius 2 is 1.70 bits per heavy atom. The molecule has 3 aromatic rings. The maximum Gasteiger partial charge on any atom is 0.433 e. The summed E-state index contributed by atoms with van der Waals surface area (Å²) >= 11 is 0. The second-order valence-electron chi connectivity index (χ2n) is 9.63. The van der Waals surface area contributed by atoms with Gasteiger partial charge in [0, 0.05) is 30.5 Å². The molecule has 2 fully saturated rings. The number of pyridine rings is 1. The number of rotatable bonds is 4. The summed E-state index contributed by atoms with van der Waals surface area (Å²) < 4.78 is 41.1. The minimum Gasteiger partial charge on any atom is -0.299 e. The van der Waals surface area contributed by atoms with E-state index in [0.29, 0.717) is 40.9 Å². The molecule has 3 amide bonds. The van der Waals surface area contributed by atoms with E-state index in [2.05, 4.69) is 20.1 Å². The Hall–Kier alpha value is -3.80. The van der Waals surface area contributed by atoms with Crippen molar-refractivity contribution < 1.29 is 27.6 Å². The lowest BCUT2D eigenvalue weighted by molar-refractivity contribution is -0.163. The number of piperidine rings is 1. The molecule has 6 rings (SSSR count). The van der Waals surface area contributed by atoms with Gasteiger partial charge < -0.3 is 0 Å². The van der Waals surface area contributed by atoms with Gasteiger partial charge in [0.15, 0.2) is 5.65 Å². The first-order chi connectivity index (χ1) is 17.7. The number of halogens is 3. The predicted molar refractivity (Wildman–Crippen MR) is 124 cm³/mol. The minimum atomic E-state index is -4.60. The van der Waals surface area contributed by atoms with Gasteiger partial charge in [-0.2, -0.15) is 23.3 Å². The Bertz CT molecular complexity index is 1430. The first kappa shape index (κ1) is 23.6. The van der Waals surface area contributed by atoms with Crippen molar-refractivity contribution >= 4 is 28.8 Å². The maximum atomic E-state index is 13.7. The van der Waals surface area contributed by atoms with Gasteiger partial charge in [0.2, 0.25) is 11.8 Å². The van der Waals surface area contributed by atoms with Gasteiger partial charge >= 0.3 is 6.18 Å². The lowest BCUT2D eigenvalue weighted by Gasteiger charge is -2.32. The van der Waals surface area contributed by atoms with Crippen LogP contribution in [0.2, 0.25) is 0 Å². The maximum absolute atomic E-state index is 13.7. The monoisotopic (exact) mass is 512 g/mol.